The topological polar surface area (TPSA) is 81.2 Å². The smallest absolute Gasteiger partial charge is 0.246 e. The first kappa shape index (κ1) is 13.7. The van der Waals surface area contributed by atoms with Crippen molar-refractivity contribution in [3.05, 3.63) is 12.4 Å². The molecule has 7 heteroatoms. The number of aryl methyl sites for hydroxylation is 1. The average molecular weight is 256 g/mol. The zero-order valence-corrected chi connectivity index (χ0v) is 10.5. The number of nitrogens with zero attached hydrogens (tertiary/aromatic N) is 3. The predicted octanol–water partition coefficient (Wildman–Crippen LogP) is -0.514. The maximum atomic E-state index is 12.0. The third kappa shape index (κ3) is 3.30. The molecule has 2 N–H and O–H groups in total. The van der Waals surface area contributed by atoms with Gasteiger partial charge in [-0.2, -0.15) is 9.40 Å². The quantitative estimate of drug-likeness (QED) is 0.695. The van der Waals surface area contributed by atoms with Crippen LogP contribution in [-0.4, -0.2) is 42.6 Å². The fourth-order valence-electron chi connectivity index (χ4n) is 1.25. The highest BCUT2D eigenvalue weighted by atomic mass is 32.2. The van der Waals surface area contributed by atoms with E-state index < -0.39 is 10.0 Å². The van der Waals surface area contributed by atoms with Crippen molar-refractivity contribution in [1.82, 2.24) is 14.1 Å². The van der Waals surface area contributed by atoms with Crippen LogP contribution in [0.15, 0.2) is 17.3 Å². The molecule has 0 radical (unpaired) electrons. The highest BCUT2D eigenvalue weighted by Crippen LogP contribution is 2.12. The van der Waals surface area contributed by atoms with Gasteiger partial charge in [-0.15, -0.1) is 6.42 Å². The second-order valence-electron chi connectivity index (χ2n) is 3.55. The van der Waals surface area contributed by atoms with Gasteiger partial charge in [0.05, 0.1) is 12.7 Å². The normalized spacial score (nSPS) is 11.6. The summed E-state index contributed by atoms with van der Waals surface area (Å²) in [5, 5.41) is 3.97. The molecule has 0 atom stereocenters. The van der Waals surface area contributed by atoms with Crippen molar-refractivity contribution in [2.45, 2.75) is 17.9 Å². The van der Waals surface area contributed by atoms with Crippen molar-refractivity contribution >= 4 is 10.0 Å². The van der Waals surface area contributed by atoms with Crippen LogP contribution in [0.2, 0.25) is 0 Å². The van der Waals surface area contributed by atoms with Gasteiger partial charge in [-0.1, -0.05) is 5.92 Å². The minimum Gasteiger partial charge on any atom is -0.330 e. The maximum absolute atomic E-state index is 12.0. The van der Waals surface area contributed by atoms with Crippen LogP contribution in [0.3, 0.4) is 0 Å². The summed E-state index contributed by atoms with van der Waals surface area (Å²) in [5.41, 5.74) is 5.37. The number of sulfonamides is 1. The first-order valence-electron chi connectivity index (χ1n) is 5.14. The summed E-state index contributed by atoms with van der Waals surface area (Å²) >= 11 is 0. The van der Waals surface area contributed by atoms with E-state index in [-0.39, 0.29) is 11.4 Å². The Morgan fingerprint density at radius 1 is 1.65 bits per heavy atom. The molecule has 0 saturated carbocycles. The van der Waals surface area contributed by atoms with E-state index in [2.05, 4.69) is 11.0 Å². The summed E-state index contributed by atoms with van der Waals surface area (Å²) in [6.45, 7) is 1.18. The van der Waals surface area contributed by atoms with Crippen LogP contribution >= 0.6 is 0 Å². The molecule has 17 heavy (non-hydrogen) atoms. The van der Waals surface area contributed by atoms with E-state index in [0.29, 0.717) is 13.1 Å². The average Bonchev–Trinajstić information content (AvgIpc) is 2.75. The van der Waals surface area contributed by atoms with E-state index in [1.54, 1.807) is 4.68 Å². The van der Waals surface area contributed by atoms with Gasteiger partial charge >= 0.3 is 0 Å². The number of rotatable bonds is 6. The van der Waals surface area contributed by atoms with Gasteiger partial charge in [0.25, 0.3) is 0 Å². The molecule has 0 amide bonds. The lowest BCUT2D eigenvalue weighted by atomic mass is 10.4. The van der Waals surface area contributed by atoms with Crippen LogP contribution in [0.25, 0.3) is 0 Å². The Bertz CT molecular complexity index is 501. The maximum Gasteiger partial charge on any atom is 0.246 e. The lowest BCUT2D eigenvalue weighted by Gasteiger charge is -2.11. The van der Waals surface area contributed by atoms with Crippen molar-refractivity contribution in [2.24, 2.45) is 5.73 Å². The largest absolute Gasteiger partial charge is 0.330 e. The summed E-state index contributed by atoms with van der Waals surface area (Å²) in [5.74, 6) is 2.29. The van der Waals surface area contributed by atoms with E-state index >= 15 is 0 Å². The summed E-state index contributed by atoms with van der Waals surface area (Å²) in [4.78, 5) is 0.146. The summed E-state index contributed by atoms with van der Waals surface area (Å²) in [7, 11) is -2.09. The third-order valence-corrected chi connectivity index (χ3v) is 3.98. The second kappa shape index (κ2) is 5.82. The molecule has 0 aliphatic rings. The minimum absolute atomic E-state index is 0.0380. The molecule has 0 unspecified atom stereocenters. The van der Waals surface area contributed by atoms with Crippen LogP contribution < -0.4 is 5.73 Å². The Hall–Kier alpha value is -1.36. The molecule has 0 aliphatic heterocycles. The van der Waals surface area contributed by atoms with E-state index in [1.807, 2.05) is 0 Å². The Balaban J connectivity index is 2.86. The lowest BCUT2D eigenvalue weighted by Crippen LogP contribution is -2.26. The molecule has 1 heterocycles. The van der Waals surface area contributed by atoms with E-state index in [1.165, 1.54) is 19.4 Å². The first-order chi connectivity index (χ1) is 8.02. The van der Waals surface area contributed by atoms with Gasteiger partial charge in [-0.05, 0) is 13.0 Å². The van der Waals surface area contributed by atoms with Crippen LogP contribution in [0.1, 0.15) is 6.42 Å². The van der Waals surface area contributed by atoms with Crippen LogP contribution in [0.4, 0.5) is 0 Å². The number of hydrogen-bond donors (Lipinski definition) is 1. The Labute approximate surface area is 101 Å². The summed E-state index contributed by atoms with van der Waals surface area (Å²) in [6.07, 6.45) is 8.64. The van der Waals surface area contributed by atoms with Crippen molar-refractivity contribution in [3.8, 4) is 12.3 Å². The monoisotopic (exact) mass is 256 g/mol. The molecule has 0 aromatic carbocycles. The number of aromatic nitrogens is 2. The van der Waals surface area contributed by atoms with Gasteiger partial charge in [0.15, 0.2) is 0 Å². The Morgan fingerprint density at radius 3 is 2.94 bits per heavy atom. The fourth-order valence-corrected chi connectivity index (χ4v) is 2.29. The SMILES string of the molecule is C#CCN(C)S(=O)(=O)c1cnn(CCCN)c1. The van der Waals surface area contributed by atoms with Crippen molar-refractivity contribution in [2.75, 3.05) is 20.1 Å². The van der Waals surface area contributed by atoms with Gasteiger partial charge in [0, 0.05) is 19.8 Å². The van der Waals surface area contributed by atoms with Crippen LogP contribution in [0, 0.1) is 12.3 Å². The molecule has 0 saturated heterocycles. The molecular weight excluding hydrogens is 240 g/mol. The van der Waals surface area contributed by atoms with Gasteiger partial charge in [-0.25, -0.2) is 8.42 Å². The first-order valence-corrected chi connectivity index (χ1v) is 6.58. The van der Waals surface area contributed by atoms with E-state index in [0.717, 1.165) is 10.7 Å². The Kier molecular flexibility index (Phi) is 4.69. The van der Waals surface area contributed by atoms with E-state index in [9.17, 15) is 8.42 Å². The van der Waals surface area contributed by atoms with Crippen LogP contribution in [0.5, 0.6) is 0 Å². The zero-order valence-electron chi connectivity index (χ0n) is 9.70. The molecule has 94 valence electrons. The van der Waals surface area contributed by atoms with E-state index in [4.69, 9.17) is 12.2 Å². The third-order valence-electron chi connectivity index (χ3n) is 2.22. The summed E-state index contributed by atoms with van der Waals surface area (Å²) < 4.78 is 26.6. The summed E-state index contributed by atoms with van der Waals surface area (Å²) in [6, 6.07) is 0. The fraction of sp³-hybridized carbons (Fsp3) is 0.500. The van der Waals surface area contributed by atoms with Gasteiger partial charge in [0.2, 0.25) is 10.0 Å². The molecule has 0 bridgehead atoms. The number of terminal acetylenes is 1. The van der Waals surface area contributed by atoms with Gasteiger partial charge < -0.3 is 5.73 Å². The molecule has 1 aromatic rings. The highest BCUT2D eigenvalue weighted by molar-refractivity contribution is 7.89. The van der Waals surface area contributed by atoms with Crippen molar-refractivity contribution < 1.29 is 8.42 Å². The molecule has 1 aromatic heterocycles. The molecule has 0 spiro atoms. The Morgan fingerprint density at radius 2 is 2.35 bits per heavy atom. The van der Waals surface area contributed by atoms with Gasteiger partial charge in [0.1, 0.15) is 4.90 Å². The number of hydrogen-bond acceptors (Lipinski definition) is 4. The molecule has 0 fully saturated rings. The lowest BCUT2D eigenvalue weighted by molar-refractivity contribution is 0.502. The second-order valence-corrected chi connectivity index (χ2v) is 5.59. The molecule has 1 rings (SSSR count). The zero-order chi connectivity index (χ0) is 12.9. The standard InChI is InChI=1S/C10H16N4O2S/c1-3-6-13(2)17(15,16)10-8-12-14(9-10)7-4-5-11/h1,8-9H,4-7,11H2,2H3. The molecule has 0 aliphatic carbocycles. The number of nitrogens with two attached hydrogens (primary N) is 1. The highest BCUT2D eigenvalue weighted by Gasteiger charge is 2.21. The van der Waals surface area contributed by atoms with Crippen molar-refractivity contribution in [3.63, 3.8) is 0 Å². The minimum atomic E-state index is -3.53. The molecular formula is C10H16N4O2S. The van der Waals surface area contributed by atoms with Crippen LogP contribution in [-0.2, 0) is 16.6 Å². The molecule has 6 nitrogen and oxygen atoms in total. The van der Waals surface area contributed by atoms with Gasteiger partial charge in [-0.3, -0.25) is 4.68 Å². The predicted molar refractivity (Wildman–Crippen MR) is 64.5 cm³/mol. The van der Waals surface area contributed by atoms with Crippen molar-refractivity contribution in [1.29, 1.82) is 0 Å².